The van der Waals surface area contributed by atoms with Crippen LogP contribution in [0.3, 0.4) is 0 Å². The molecule has 2 aromatic carbocycles. The molecule has 1 heterocycles. The van der Waals surface area contributed by atoms with Gasteiger partial charge in [-0.1, -0.05) is 103 Å². The minimum atomic E-state index is -1.35. The third kappa shape index (κ3) is 14.5. The van der Waals surface area contributed by atoms with Crippen molar-refractivity contribution in [3.63, 3.8) is 0 Å². The Morgan fingerprint density at radius 3 is 2.07 bits per heavy atom. The number of benzene rings is 2. The van der Waals surface area contributed by atoms with Gasteiger partial charge in [-0.15, -0.1) is 0 Å². The largest absolute Gasteiger partial charge is 0.463 e. The van der Waals surface area contributed by atoms with Gasteiger partial charge < -0.3 is 35.9 Å². The fourth-order valence-electron chi connectivity index (χ4n) is 11.0. The lowest BCUT2D eigenvalue weighted by molar-refractivity contribution is -0.199. The van der Waals surface area contributed by atoms with Crippen molar-refractivity contribution in [2.75, 3.05) is 13.2 Å². The van der Waals surface area contributed by atoms with Crippen LogP contribution >= 0.6 is 0 Å². The Bertz CT molecular complexity index is 2060. The van der Waals surface area contributed by atoms with E-state index in [-0.39, 0.29) is 73.5 Å². The van der Waals surface area contributed by atoms with Gasteiger partial charge >= 0.3 is 7.12 Å². The molecule has 1 saturated heterocycles. The summed E-state index contributed by atoms with van der Waals surface area (Å²) in [5.74, 6) is -3.63. The van der Waals surface area contributed by atoms with E-state index in [0.717, 1.165) is 43.2 Å². The minimum Gasteiger partial charge on any atom is -0.405 e. The topological polar surface area (TPSA) is 211 Å². The summed E-state index contributed by atoms with van der Waals surface area (Å²) < 4.78 is 12.9. The quantitative estimate of drug-likeness (QED) is 0.0290. The van der Waals surface area contributed by atoms with Crippen LogP contribution in [0.4, 0.5) is 0 Å². The lowest BCUT2D eigenvalue weighted by atomic mass is 9.43. The molecule has 2 bridgehead atoms. The number of hydrogen-bond acceptors (Lipinski definition) is 11. The Balaban J connectivity index is 1.11. The fourth-order valence-corrected chi connectivity index (χ4v) is 11.0. The second kappa shape index (κ2) is 25.3. The molecule has 3 saturated carbocycles. The number of aliphatic hydroxyl groups is 2. The van der Waals surface area contributed by atoms with E-state index >= 15 is 0 Å². The molecule has 6 N–H and O–H groups in total. The Hall–Kier alpha value is -4.08. The van der Waals surface area contributed by atoms with Crippen molar-refractivity contribution >= 4 is 42.1 Å². The molecular weight excluding hydrogens is 873 g/mol. The van der Waals surface area contributed by atoms with Crippen LogP contribution in [0.5, 0.6) is 0 Å². The zero-order valence-corrected chi connectivity index (χ0v) is 42.7. The summed E-state index contributed by atoms with van der Waals surface area (Å²) in [6.07, 6.45) is 5.84. The molecular formula is C55H82BN3O10. The van der Waals surface area contributed by atoms with Crippen molar-refractivity contribution in [3.8, 4) is 11.1 Å². The average molecular weight is 956 g/mol. The maximum absolute atomic E-state index is 13.9. The Labute approximate surface area is 411 Å². The second-order valence-electron chi connectivity index (χ2n) is 21.8. The van der Waals surface area contributed by atoms with E-state index in [1.807, 2.05) is 38.1 Å². The molecule has 14 heteroatoms. The van der Waals surface area contributed by atoms with Crippen LogP contribution in [-0.2, 0) is 39.7 Å². The van der Waals surface area contributed by atoms with E-state index in [4.69, 9.17) is 15.0 Å². The summed E-state index contributed by atoms with van der Waals surface area (Å²) in [7, 11) is -0.753. The van der Waals surface area contributed by atoms with Crippen LogP contribution < -0.4 is 16.4 Å². The van der Waals surface area contributed by atoms with Gasteiger partial charge in [0.15, 0.2) is 17.3 Å². The first-order chi connectivity index (χ1) is 32.7. The number of carbonyl (C=O) groups is 6. The highest BCUT2D eigenvalue weighted by Gasteiger charge is 2.68. The van der Waals surface area contributed by atoms with Gasteiger partial charge in [-0.05, 0) is 112 Å². The van der Waals surface area contributed by atoms with Crippen LogP contribution in [0.2, 0.25) is 5.82 Å². The number of rotatable bonds is 30. The third-order valence-corrected chi connectivity index (χ3v) is 15.6. The van der Waals surface area contributed by atoms with Gasteiger partial charge in [0.05, 0.1) is 23.9 Å². The molecule has 2 unspecified atom stereocenters. The van der Waals surface area contributed by atoms with Crippen molar-refractivity contribution < 1.29 is 48.3 Å². The van der Waals surface area contributed by atoms with Crippen LogP contribution in [-0.4, -0.2) is 95.3 Å². The zero-order valence-electron chi connectivity index (χ0n) is 42.7. The monoisotopic (exact) mass is 956 g/mol. The van der Waals surface area contributed by atoms with E-state index in [1.54, 1.807) is 6.92 Å². The van der Waals surface area contributed by atoms with Crippen LogP contribution in [0.25, 0.3) is 11.1 Å². The molecule has 2 aromatic rings. The van der Waals surface area contributed by atoms with Crippen LogP contribution in [0.1, 0.15) is 161 Å². The molecule has 0 aromatic heterocycles. The summed E-state index contributed by atoms with van der Waals surface area (Å²) in [5.41, 5.74) is 9.33. The molecule has 4 aliphatic rings. The number of nitrogens with one attached hydrogen (secondary N) is 2. The van der Waals surface area contributed by atoms with Crippen molar-refractivity contribution in [1.29, 1.82) is 0 Å². The van der Waals surface area contributed by atoms with Crippen LogP contribution in [0, 0.1) is 35.0 Å². The first-order valence-electron chi connectivity index (χ1n) is 25.9. The number of hydrogen-bond donors (Lipinski definition) is 5. The Kier molecular flexibility index (Phi) is 20.5. The predicted octanol–water partition coefficient (Wildman–Crippen LogP) is 7.80. The number of carbonyl (C=O) groups excluding carboxylic acids is 6. The molecule has 1 aliphatic heterocycles. The molecule has 0 spiro atoms. The Morgan fingerprint density at radius 1 is 0.812 bits per heavy atom. The lowest BCUT2D eigenvalue weighted by Gasteiger charge is -2.64. The Morgan fingerprint density at radius 2 is 1.48 bits per heavy atom. The smallest absolute Gasteiger partial charge is 0.405 e. The van der Waals surface area contributed by atoms with Gasteiger partial charge in [0.25, 0.3) is 0 Å². The van der Waals surface area contributed by atoms with Crippen LogP contribution in [0.15, 0.2) is 48.5 Å². The SMILES string of the molecule is CCCCc1ccc(-c2ccc(C(=O)CCCC(=O)C[C@@H](CCCCN)C(=O)N[C@H](C(=O)C[C@@H](C)C(=O)N[C@@H](CC(C)C)C(=O)C[C@@H](CO)B3OC4C[C@@H]5C[C@@H](C5(C)C)[C@]4(C)O3)C(C)O)cc2)cc1. The zero-order chi connectivity index (χ0) is 50.6. The van der Waals surface area contributed by atoms with E-state index in [2.05, 4.69) is 62.6 Å². The minimum absolute atomic E-state index is 0.0353. The number of aryl methyl sites for hydroxylation is 1. The number of ketones is 4. The molecule has 2 amide bonds. The normalized spacial score (nSPS) is 22.9. The standard InChI is InChI=1S/C55H82BN3O10/c1-9-10-14-37-18-20-38(21-19-37)39-22-24-40(25-23-39)46(63)17-13-16-44(62)29-41(15-11-12-26-57)53(67)59-51(36(5)61)48(65)28-35(4)52(66)58-45(27-34(2)3)47(64)32-43(33-60)56-68-50-31-42-30-49(54(42,6)7)55(50,8)69-56/h18-25,34-36,41-43,45,49-51,60-61H,9-17,26-33,57H2,1-8H3,(H,58,66)(H,59,67)/t35-,36?,41-,42+,43+,45+,49+,50?,51+,55+/m1/s1. The van der Waals surface area contributed by atoms with Crippen molar-refractivity contribution in [1.82, 2.24) is 10.6 Å². The molecule has 13 nitrogen and oxygen atoms in total. The highest BCUT2D eigenvalue weighted by Crippen LogP contribution is 2.66. The van der Waals surface area contributed by atoms with Gasteiger partial charge in [0, 0.05) is 61.9 Å². The van der Waals surface area contributed by atoms with Gasteiger partial charge in [-0.2, -0.15) is 0 Å². The summed E-state index contributed by atoms with van der Waals surface area (Å²) in [6.45, 7) is 15.7. The molecule has 3 aliphatic carbocycles. The lowest BCUT2D eigenvalue weighted by Crippen LogP contribution is -2.65. The fraction of sp³-hybridized carbons (Fsp3) is 0.673. The van der Waals surface area contributed by atoms with E-state index < -0.39 is 66.2 Å². The summed E-state index contributed by atoms with van der Waals surface area (Å²) >= 11 is 0. The second-order valence-corrected chi connectivity index (χ2v) is 21.8. The van der Waals surface area contributed by atoms with E-state index in [9.17, 15) is 39.0 Å². The number of unbranched alkanes of at least 4 members (excludes halogenated alkanes) is 2. The molecule has 380 valence electrons. The van der Waals surface area contributed by atoms with Gasteiger partial charge in [-0.25, -0.2) is 0 Å². The maximum atomic E-state index is 13.9. The first kappa shape index (κ1) is 55.8. The van der Waals surface area contributed by atoms with Gasteiger partial charge in [-0.3, -0.25) is 28.8 Å². The number of Topliss-reactive ketones (excluding diaryl/α,β-unsaturated/α-hetero) is 4. The maximum Gasteiger partial charge on any atom is 0.463 e. The van der Waals surface area contributed by atoms with Gasteiger partial charge in [0.1, 0.15) is 11.8 Å². The van der Waals surface area contributed by atoms with E-state index in [0.29, 0.717) is 56.0 Å². The molecule has 10 atom stereocenters. The molecule has 6 rings (SSSR count). The van der Waals surface area contributed by atoms with Crippen molar-refractivity contribution in [2.45, 2.75) is 187 Å². The average Bonchev–Trinajstić information content (AvgIpc) is 3.68. The van der Waals surface area contributed by atoms with Crippen molar-refractivity contribution in [2.24, 2.45) is 40.7 Å². The molecule has 69 heavy (non-hydrogen) atoms. The van der Waals surface area contributed by atoms with Gasteiger partial charge in [0.2, 0.25) is 11.8 Å². The van der Waals surface area contributed by atoms with E-state index in [1.165, 1.54) is 12.5 Å². The highest BCUT2D eigenvalue weighted by atomic mass is 16.7. The number of aliphatic hydroxyl groups excluding tert-OH is 2. The first-order valence-corrected chi connectivity index (χ1v) is 25.9. The number of amides is 2. The molecule has 4 fully saturated rings. The summed E-state index contributed by atoms with van der Waals surface area (Å²) in [6, 6.07) is 13.7. The third-order valence-electron chi connectivity index (χ3n) is 15.6. The summed E-state index contributed by atoms with van der Waals surface area (Å²) in [5, 5.41) is 26.7. The number of nitrogens with two attached hydrogens (primary N) is 1. The highest BCUT2D eigenvalue weighted by molar-refractivity contribution is 6.48. The predicted molar refractivity (Wildman–Crippen MR) is 269 cm³/mol. The molecule has 0 radical (unpaired) electrons. The van der Waals surface area contributed by atoms with Crippen molar-refractivity contribution in [3.05, 3.63) is 59.7 Å². The summed E-state index contributed by atoms with van der Waals surface area (Å²) in [4.78, 5) is 81.4.